The minimum Gasteiger partial charge on any atom is -0.0616 e. The minimum absolute atomic E-state index is 1.02. The smallest absolute Gasteiger partial charge is 0.0333 e. The molecule has 0 atom stereocenters. The van der Waals surface area contributed by atoms with Gasteiger partial charge in [-0.15, -0.1) is 0 Å². The van der Waals surface area contributed by atoms with E-state index >= 15 is 0 Å². The second kappa shape index (κ2) is 5.39. The van der Waals surface area contributed by atoms with E-state index in [0.29, 0.717) is 0 Å². The monoisotopic (exact) mass is 277 g/mol. The molecule has 22 heavy (non-hydrogen) atoms. The number of fused-ring (bicyclic) bond motifs is 2. The zero-order valence-electron chi connectivity index (χ0n) is 12.0. The van der Waals surface area contributed by atoms with Gasteiger partial charge >= 0.3 is 0 Å². The fourth-order valence-corrected chi connectivity index (χ4v) is 2.67. The fourth-order valence-electron chi connectivity index (χ4n) is 2.67. The largest absolute Gasteiger partial charge is 0.0616 e. The van der Waals surface area contributed by atoms with E-state index in [4.69, 9.17) is 0 Å². The van der Waals surface area contributed by atoms with Crippen LogP contribution in [0.5, 0.6) is 0 Å². The molecule has 4 aromatic carbocycles. The minimum atomic E-state index is 1.02. The average molecular weight is 277 g/mol. The Morgan fingerprint density at radius 1 is 0.636 bits per heavy atom. The van der Waals surface area contributed by atoms with Gasteiger partial charge in [0.1, 0.15) is 0 Å². The molecule has 0 N–H and O–H groups in total. The molecule has 0 spiro atoms. The number of hydrogen-bond donors (Lipinski definition) is 0. The van der Waals surface area contributed by atoms with E-state index in [1.807, 2.05) is 24.3 Å². The molecule has 0 amide bonds. The van der Waals surface area contributed by atoms with Crippen LogP contribution >= 0.6 is 0 Å². The maximum Gasteiger partial charge on any atom is 0.0333 e. The normalized spacial score (nSPS) is 10.4. The Balaban J connectivity index is 1.80. The van der Waals surface area contributed by atoms with E-state index in [0.717, 1.165) is 11.1 Å². The van der Waals surface area contributed by atoms with Crippen LogP contribution in [-0.2, 0) is 0 Å². The van der Waals surface area contributed by atoms with E-state index in [1.54, 1.807) is 0 Å². The van der Waals surface area contributed by atoms with Crippen LogP contribution in [0.15, 0.2) is 78.9 Å². The third-order valence-corrected chi connectivity index (χ3v) is 3.81. The van der Waals surface area contributed by atoms with Crippen molar-refractivity contribution in [1.82, 2.24) is 0 Å². The molecule has 0 nitrogen and oxygen atoms in total. The van der Waals surface area contributed by atoms with Crippen LogP contribution in [0.3, 0.4) is 0 Å². The van der Waals surface area contributed by atoms with Crippen molar-refractivity contribution < 1.29 is 0 Å². The van der Waals surface area contributed by atoms with E-state index in [9.17, 15) is 0 Å². The first-order chi connectivity index (χ1) is 10.9. The molecule has 4 aromatic rings. The van der Waals surface area contributed by atoms with Crippen molar-refractivity contribution in [2.75, 3.05) is 0 Å². The van der Waals surface area contributed by atoms with Gasteiger partial charge in [-0.1, -0.05) is 66.4 Å². The third-order valence-electron chi connectivity index (χ3n) is 3.81. The highest BCUT2D eigenvalue weighted by Gasteiger charge is 1.97. The molecular formula is C22H13. The Hall–Kier alpha value is -3.04. The number of hydrogen-bond acceptors (Lipinski definition) is 0. The molecule has 4 rings (SSSR count). The predicted molar refractivity (Wildman–Crippen MR) is 92.7 cm³/mol. The van der Waals surface area contributed by atoms with Crippen LogP contribution in [0.25, 0.3) is 21.5 Å². The summed E-state index contributed by atoms with van der Waals surface area (Å²) in [6.07, 6.45) is 0. The van der Waals surface area contributed by atoms with Crippen LogP contribution in [0.2, 0.25) is 0 Å². The zero-order chi connectivity index (χ0) is 14.8. The Labute approximate surface area is 130 Å². The molecular weight excluding hydrogens is 264 g/mol. The highest BCUT2D eigenvalue weighted by molar-refractivity contribution is 5.88. The molecule has 0 saturated heterocycles. The van der Waals surface area contributed by atoms with Gasteiger partial charge < -0.3 is 0 Å². The summed E-state index contributed by atoms with van der Waals surface area (Å²) in [5.74, 6) is 6.56. The quantitative estimate of drug-likeness (QED) is 0.388. The lowest BCUT2D eigenvalue weighted by atomic mass is 10.0. The lowest BCUT2D eigenvalue weighted by Crippen LogP contribution is -1.80. The van der Waals surface area contributed by atoms with Gasteiger partial charge in [0, 0.05) is 11.1 Å². The zero-order valence-corrected chi connectivity index (χ0v) is 12.0. The summed E-state index contributed by atoms with van der Waals surface area (Å²) in [6, 6.07) is 30.1. The summed E-state index contributed by atoms with van der Waals surface area (Å²) in [6.45, 7) is 0. The topological polar surface area (TPSA) is 0 Å². The van der Waals surface area contributed by atoms with E-state index in [1.165, 1.54) is 21.5 Å². The van der Waals surface area contributed by atoms with Gasteiger partial charge in [0.05, 0.1) is 0 Å². The van der Waals surface area contributed by atoms with E-state index in [-0.39, 0.29) is 0 Å². The van der Waals surface area contributed by atoms with Crippen molar-refractivity contribution in [3.05, 3.63) is 96.1 Å². The maximum absolute atomic E-state index is 3.29. The molecule has 0 unspecified atom stereocenters. The van der Waals surface area contributed by atoms with Crippen molar-refractivity contribution in [2.45, 2.75) is 0 Å². The molecule has 0 aliphatic heterocycles. The molecule has 101 valence electrons. The molecule has 0 bridgehead atoms. The molecule has 0 aromatic heterocycles. The van der Waals surface area contributed by atoms with Gasteiger partial charge in [0.2, 0.25) is 0 Å². The summed E-state index contributed by atoms with van der Waals surface area (Å²) in [7, 11) is 0. The SMILES string of the molecule is C(#Cc1c[c]cc2ccccc12)c1ccc2ccccc2c1. The highest BCUT2D eigenvalue weighted by atomic mass is 14.0. The summed E-state index contributed by atoms with van der Waals surface area (Å²) in [5, 5.41) is 4.81. The summed E-state index contributed by atoms with van der Waals surface area (Å²) in [4.78, 5) is 0. The fraction of sp³-hybridized carbons (Fsp3) is 0. The predicted octanol–water partition coefficient (Wildman–Crippen LogP) is 5.19. The second-order valence-corrected chi connectivity index (χ2v) is 5.27. The van der Waals surface area contributed by atoms with Crippen LogP contribution in [0, 0.1) is 17.9 Å². The molecule has 1 radical (unpaired) electrons. The average Bonchev–Trinajstić information content (AvgIpc) is 2.60. The molecule has 0 saturated carbocycles. The van der Waals surface area contributed by atoms with E-state index in [2.05, 4.69) is 72.5 Å². The van der Waals surface area contributed by atoms with Gasteiger partial charge in [0.25, 0.3) is 0 Å². The molecule has 0 heteroatoms. The van der Waals surface area contributed by atoms with Gasteiger partial charge in [0.15, 0.2) is 0 Å². The Morgan fingerprint density at radius 2 is 1.41 bits per heavy atom. The maximum atomic E-state index is 3.29. The third kappa shape index (κ3) is 2.34. The number of rotatable bonds is 0. The molecule has 0 aliphatic carbocycles. The first-order valence-electron chi connectivity index (χ1n) is 7.30. The van der Waals surface area contributed by atoms with Crippen molar-refractivity contribution >= 4 is 21.5 Å². The Bertz CT molecular complexity index is 1020. The van der Waals surface area contributed by atoms with Gasteiger partial charge in [-0.2, -0.15) is 0 Å². The Morgan fingerprint density at radius 3 is 2.32 bits per heavy atom. The summed E-state index contributed by atoms with van der Waals surface area (Å²) >= 11 is 0. The standard InChI is InChI=1S/C22H13/c1-2-8-21-16-17(12-14-18(21)6-1)13-15-20-10-5-9-19-7-3-4-11-22(19)20/h1-4,6-12,14,16H. The highest BCUT2D eigenvalue weighted by Crippen LogP contribution is 2.18. The van der Waals surface area contributed by atoms with Gasteiger partial charge in [-0.25, -0.2) is 0 Å². The molecule has 0 heterocycles. The van der Waals surface area contributed by atoms with E-state index < -0.39 is 0 Å². The number of benzene rings is 4. The summed E-state index contributed by atoms with van der Waals surface area (Å²) < 4.78 is 0. The van der Waals surface area contributed by atoms with Crippen molar-refractivity contribution in [1.29, 1.82) is 0 Å². The summed E-state index contributed by atoms with van der Waals surface area (Å²) in [5.41, 5.74) is 2.05. The van der Waals surface area contributed by atoms with Crippen molar-refractivity contribution in [3.63, 3.8) is 0 Å². The van der Waals surface area contributed by atoms with Crippen LogP contribution in [0.4, 0.5) is 0 Å². The lowest BCUT2D eigenvalue weighted by molar-refractivity contribution is 1.67. The molecule has 0 fully saturated rings. The van der Waals surface area contributed by atoms with Crippen molar-refractivity contribution in [3.8, 4) is 11.8 Å². The lowest BCUT2D eigenvalue weighted by Gasteiger charge is -2.00. The van der Waals surface area contributed by atoms with Crippen molar-refractivity contribution in [2.24, 2.45) is 0 Å². The first kappa shape index (κ1) is 12.7. The van der Waals surface area contributed by atoms with Crippen LogP contribution in [0.1, 0.15) is 11.1 Å². The van der Waals surface area contributed by atoms with Crippen LogP contribution < -0.4 is 0 Å². The first-order valence-corrected chi connectivity index (χ1v) is 7.30. The molecule has 0 aliphatic rings. The van der Waals surface area contributed by atoms with Crippen LogP contribution in [-0.4, -0.2) is 0 Å². The van der Waals surface area contributed by atoms with Gasteiger partial charge in [-0.3, -0.25) is 0 Å². The second-order valence-electron chi connectivity index (χ2n) is 5.27. The Kier molecular flexibility index (Phi) is 3.11. The van der Waals surface area contributed by atoms with Gasteiger partial charge in [-0.05, 0) is 51.9 Å².